The summed E-state index contributed by atoms with van der Waals surface area (Å²) in [5, 5.41) is 19.8. The molecule has 2 aliphatic carbocycles. The number of rotatable bonds is 6. The van der Waals surface area contributed by atoms with Crippen LogP contribution in [0.3, 0.4) is 0 Å². The van der Waals surface area contributed by atoms with Gasteiger partial charge in [0.15, 0.2) is 0 Å². The van der Waals surface area contributed by atoms with Gasteiger partial charge in [-0.15, -0.1) is 0 Å². The fraction of sp³-hybridized carbons (Fsp3) is 0.611. The molecule has 2 saturated carbocycles. The third-order valence-corrected chi connectivity index (χ3v) is 4.85. The van der Waals surface area contributed by atoms with E-state index in [1.165, 1.54) is 12.8 Å². The summed E-state index contributed by atoms with van der Waals surface area (Å²) in [6, 6.07) is 7.01. The van der Waals surface area contributed by atoms with Crippen molar-refractivity contribution in [1.29, 1.82) is 0 Å². The zero-order valence-corrected chi connectivity index (χ0v) is 13.0. The minimum atomic E-state index is -0.784. The summed E-state index contributed by atoms with van der Waals surface area (Å²) in [4.78, 5) is 14.5. The highest BCUT2D eigenvalue weighted by molar-refractivity contribution is 5.77. The lowest BCUT2D eigenvalue weighted by molar-refractivity contribution is -0.137. The summed E-state index contributed by atoms with van der Waals surface area (Å²) in [6.45, 7) is 1.35. The molecule has 1 amide bonds. The molecule has 0 saturated heterocycles. The topological polar surface area (TPSA) is 60.8 Å². The first-order valence-electron chi connectivity index (χ1n) is 8.32. The third-order valence-electron chi connectivity index (χ3n) is 4.85. The molecule has 0 atom stereocenters. The number of phenolic OH excluding ortho intramolecular Hbond substituents is 1. The first kappa shape index (κ1) is 15.3. The number of hydrogen-bond donors (Lipinski definition) is 2. The maximum atomic E-state index is 12.7. The monoisotopic (exact) mass is 303 g/mol. The van der Waals surface area contributed by atoms with Crippen molar-refractivity contribution >= 4 is 5.91 Å². The molecule has 0 unspecified atom stereocenters. The molecule has 2 fully saturated rings. The second kappa shape index (κ2) is 6.29. The van der Waals surface area contributed by atoms with Crippen molar-refractivity contribution in [3.8, 4) is 5.75 Å². The lowest BCUT2D eigenvalue weighted by Crippen LogP contribution is -2.38. The van der Waals surface area contributed by atoms with Crippen LogP contribution in [-0.4, -0.2) is 33.2 Å². The van der Waals surface area contributed by atoms with Gasteiger partial charge in [-0.3, -0.25) is 4.79 Å². The molecule has 120 valence electrons. The van der Waals surface area contributed by atoms with Crippen molar-refractivity contribution in [2.24, 2.45) is 5.92 Å². The van der Waals surface area contributed by atoms with E-state index in [0.717, 1.165) is 37.8 Å². The second-order valence-electron chi connectivity index (χ2n) is 6.99. The lowest BCUT2D eigenvalue weighted by atomic mass is 9.97. The molecule has 4 nitrogen and oxygen atoms in total. The van der Waals surface area contributed by atoms with Gasteiger partial charge in [-0.25, -0.2) is 0 Å². The standard InChI is InChI=1S/C18H25NO3/c20-16-7-5-15(6-8-16)13-19(12-14-3-4-14)17(21)11-18(22)9-1-2-10-18/h5-8,14,20,22H,1-4,9-13H2. The molecule has 2 aliphatic rings. The molecule has 0 bridgehead atoms. The van der Waals surface area contributed by atoms with E-state index in [-0.39, 0.29) is 18.1 Å². The van der Waals surface area contributed by atoms with Gasteiger partial charge in [-0.2, -0.15) is 0 Å². The van der Waals surface area contributed by atoms with E-state index in [1.54, 1.807) is 12.1 Å². The molecule has 0 heterocycles. The SMILES string of the molecule is O=C(CC1(O)CCCC1)N(Cc1ccc(O)cc1)CC1CC1. The zero-order chi connectivity index (χ0) is 15.6. The van der Waals surface area contributed by atoms with Gasteiger partial charge in [0.05, 0.1) is 12.0 Å². The van der Waals surface area contributed by atoms with Crippen molar-refractivity contribution < 1.29 is 15.0 Å². The molecule has 3 rings (SSSR count). The van der Waals surface area contributed by atoms with Crippen LogP contribution < -0.4 is 0 Å². The first-order valence-corrected chi connectivity index (χ1v) is 8.32. The van der Waals surface area contributed by atoms with Crippen molar-refractivity contribution in [2.75, 3.05) is 6.54 Å². The van der Waals surface area contributed by atoms with Crippen LogP contribution in [0.4, 0.5) is 0 Å². The molecule has 0 aromatic heterocycles. The maximum absolute atomic E-state index is 12.7. The Morgan fingerprint density at radius 2 is 1.82 bits per heavy atom. The average molecular weight is 303 g/mol. The number of benzene rings is 1. The van der Waals surface area contributed by atoms with Crippen LogP contribution in [0.25, 0.3) is 0 Å². The Kier molecular flexibility index (Phi) is 4.39. The van der Waals surface area contributed by atoms with Crippen molar-refractivity contribution in [2.45, 2.75) is 57.1 Å². The Labute approximate surface area is 131 Å². The van der Waals surface area contributed by atoms with E-state index >= 15 is 0 Å². The third kappa shape index (κ3) is 4.01. The minimum absolute atomic E-state index is 0.0596. The van der Waals surface area contributed by atoms with Crippen molar-refractivity contribution in [3.63, 3.8) is 0 Å². The zero-order valence-electron chi connectivity index (χ0n) is 13.0. The van der Waals surface area contributed by atoms with E-state index in [4.69, 9.17) is 0 Å². The highest BCUT2D eigenvalue weighted by Crippen LogP contribution is 2.34. The Morgan fingerprint density at radius 1 is 1.18 bits per heavy atom. The quantitative estimate of drug-likeness (QED) is 0.849. The van der Waals surface area contributed by atoms with E-state index < -0.39 is 5.60 Å². The molecule has 4 heteroatoms. The average Bonchev–Trinajstić information content (AvgIpc) is 3.20. The minimum Gasteiger partial charge on any atom is -0.508 e. The molecule has 2 N–H and O–H groups in total. The highest BCUT2D eigenvalue weighted by Gasteiger charge is 2.36. The van der Waals surface area contributed by atoms with Gasteiger partial charge in [0, 0.05) is 13.1 Å². The normalized spacial score (nSPS) is 20.0. The number of aliphatic hydroxyl groups is 1. The molecule has 0 spiro atoms. The summed E-state index contributed by atoms with van der Waals surface area (Å²) >= 11 is 0. The summed E-state index contributed by atoms with van der Waals surface area (Å²) in [7, 11) is 0. The molecule has 0 radical (unpaired) electrons. The van der Waals surface area contributed by atoms with Crippen LogP contribution in [0.2, 0.25) is 0 Å². The predicted octanol–water partition coefficient (Wildman–Crippen LogP) is 2.83. The van der Waals surface area contributed by atoms with Crippen molar-refractivity contribution in [1.82, 2.24) is 4.90 Å². The second-order valence-corrected chi connectivity index (χ2v) is 6.99. The van der Waals surface area contributed by atoms with Crippen LogP contribution in [0.15, 0.2) is 24.3 Å². The first-order chi connectivity index (χ1) is 10.5. The number of aromatic hydroxyl groups is 1. The summed E-state index contributed by atoms with van der Waals surface area (Å²) in [5.74, 6) is 0.924. The van der Waals surface area contributed by atoms with Crippen LogP contribution >= 0.6 is 0 Å². The van der Waals surface area contributed by atoms with Gasteiger partial charge in [-0.1, -0.05) is 25.0 Å². The molecular formula is C18H25NO3. The van der Waals surface area contributed by atoms with Crippen LogP contribution in [0.5, 0.6) is 5.75 Å². The molecule has 22 heavy (non-hydrogen) atoms. The Bertz CT molecular complexity index is 516. The van der Waals surface area contributed by atoms with Gasteiger partial charge < -0.3 is 15.1 Å². The highest BCUT2D eigenvalue weighted by atomic mass is 16.3. The summed E-state index contributed by atoms with van der Waals surface area (Å²) < 4.78 is 0. The van der Waals surface area contributed by atoms with Gasteiger partial charge in [-0.05, 0) is 49.3 Å². The number of carbonyl (C=O) groups excluding carboxylic acids is 1. The Morgan fingerprint density at radius 3 is 2.41 bits per heavy atom. The molecular weight excluding hydrogens is 278 g/mol. The molecule has 1 aromatic rings. The van der Waals surface area contributed by atoms with E-state index in [9.17, 15) is 15.0 Å². The number of carbonyl (C=O) groups is 1. The Hall–Kier alpha value is -1.55. The summed E-state index contributed by atoms with van der Waals surface area (Å²) in [6.07, 6.45) is 6.17. The van der Waals surface area contributed by atoms with Crippen LogP contribution in [0, 0.1) is 5.92 Å². The van der Waals surface area contributed by atoms with Gasteiger partial charge >= 0.3 is 0 Å². The Balaban J connectivity index is 1.65. The number of phenols is 1. The predicted molar refractivity (Wildman–Crippen MR) is 84.3 cm³/mol. The molecule has 1 aromatic carbocycles. The largest absolute Gasteiger partial charge is 0.508 e. The van der Waals surface area contributed by atoms with Gasteiger partial charge in [0.25, 0.3) is 0 Å². The van der Waals surface area contributed by atoms with Crippen LogP contribution in [0.1, 0.15) is 50.5 Å². The van der Waals surface area contributed by atoms with E-state index in [2.05, 4.69) is 0 Å². The number of amides is 1. The number of nitrogens with zero attached hydrogens (tertiary/aromatic N) is 1. The van der Waals surface area contributed by atoms with E-state index in [0.29, 0.717) is 12.5 Å². The fourth-order valence-corrected chi connectivity index (χ4v) is 3.29. The molecule has 0 aliphatic heterocycles. The van der Waals surface area contributed by atoms with Crippen LogP contribution in [-0.2, 0) is 11.3 Å². The number of hydrogen-bond acceptors (Lipinski definition) is 3. The smallest absolute Gasteiger partial charge is 0.225 e. The van der Waals surface area contributed by atoms with Crippen molar-refractivity contribution in [3.05, 3.63) is 29.8 Å². The van der Waals surface area contributed by atoms with E-state index in [1.807, 2.05) is 17.0 Å². The fourth-order valence-electron chi connectivity index (χ4n) is 3.29. The van der Waals surface area contributed by atoms with Gasteiger partial charge in [0.2, 0.25) is 5.91 Å². The van der Waals surface area contributed by atoms with Gasteiger partial charge in [0.1, 0.15) is 5.75 Å². The lowest BCUT2D eigenvalue weighted by Gasteiger charge is -2.28. The summed E-state index contributed by atoms with van der Waals surface area (Å²) in [5.41, 5.74) is 0.235. The maximum Gasteiger partial charge on any atom is 0.225 e.